The van der Waals surface area contributed by atoms with Gasteiger partial charge in [0.25, 0.3) is 0 Å². The first kappa shape index (κ1) is 21.4. The molecule has 168 valence electrons. The molecule has 9 nitrogen and oxygen atoms in total. The number of pyridine rings is 1. The van der Waals surface area contributed by atoms with Crippen molar-refractivity contribution in [2.75, 3.05) is 18.0 Å². The molecule has 4 heterocycles. The third-order valence-corrected chi connectivity index (χ3v) is 7.09. The molecule has 0 aromatic carbocycles. The highest BCUT2D eigenvalue weighted by atomic mass is 127. The number of alkyl carbamates (subject to hydrolysis) is 1. The zero-order chi connectivity index (χ0) is 22.5. The van der Waals surface area contributed by atoms with E-state index in [0.29, 0.717) is 0 Å². The van der Waals surface area contributed by atoms with E-state index in [0.717, 1.165) is 53.2 Å². The van der Waals surface area contributed by atoms with Crippen LogP contribution in [0.15, 0.2) is 30.9 Å². The highest BCUT2D eigenvalue weighted by Gasteiger charge is 2.49. The molecule has 10 heteroatoms. The second-order valence-electron chi connectivity index (χ2n) is 9.58. The third-order valence-electron chi connectivity index (χ3n) is 6.33. The zero-order valence-corrected chi connectivity index (χ0v) is 20.5. The Morgan fingerprint density at radius 1 is 1.28 bits per heavy atom. The van der Waals surface area contributed by atoms with Crippen LogP contribution in [-0.2, 0) is 11.2 Å². The van der Waals surface area contributed by atoms with Crippen LogP contribution in [0.2, 0.25) is 0 Å². The Hall–Kier alpha value is -2.50. The number of rotatable bonds is 2. The number of ether oxygens (including phenoxy) is 1. The summed E-state index contributed by atoms with van der Waals surface area (Å²) in [7, 11) is 0. The fraction of sp³-hybridized carbons (Fsp3) is 0.500. The SMILES string of the molecule is CC(C)(C)OC(=O)N[C@@H]1c2ncccc2CC12CCN(c1ncc(I)c3nncn13)CC2. The van der Waals surface area contributed by atoms with E-state index >= 15 is 0 Å². The van der Waals surface area contributed by atoms with Crippen molar-refractivity contribution in [1.29, 1.82) is 0 Å². The second kappa shape index (κ2) is 7.82. The number of carbonyl (C=O) groups excluding carboxylic acids is 1. The summed E-state index contributed by atoms with van der Waals surface area (Å²) in [6.45, 7) is 7.27. The molecule has 1 aliphatic heterocycles. The summed E-state index contributed by atoms with van der Waals surface area (Å²) in [5, 5.41) is 11.4. The number of nitrogens with zero attached hydrogens (tertiary/aromatic N) is 6. The lowest BCUT2D eigenvalue weighted by Crippen LogP contribution is -2.48. The van der Waals surface area contributed by atoms with E-state index < -0.39 is 11.7 Å². The number of nitrogens with one attached hydrogen (secondary N) is 1. The molecule has 3 aromatic rings. The summed E-state index contributed by atoms with van der Waals surface area (Å²) in [6.07, 6.45) is 7.66. The molecular formula is C22H26IN7O2. The van der Waals surface area contributed by atoms with Gasteiger partial charge in [-0.05, 0) is 74.3 Å². The molecular weight excluding hydrogens is 521 g/mol. The van der Waals surface area contributed by atoms with E-state index in [4.69, 9.17) is 4.74 Å². The van der Waals surface area contributed by atoms with Crippen molar-refractivity contribution in [3.8, 4) is 0 Å². The average Bonchev–Trinajstić information content (AvgIpc) is 3.33. The Morgan fingerprint density at radius 2 is 2.06 bits per heavy atom. The van der Waals surface area contributed by atoms with Crippen LogP contribution >= 0.6 is 22.6 Å². The van der Waals surface area contributed by atoms with Crippen molar-refractivity contribution in [3.63, 3.8) is 0 Å². The van der Waals surface area contributed by atoms with Gasteiger partial charge in [0.05, 0.1) is 15.3 Å². The van der Waals surface area contributed by atoms with Crippen molar-refractivity contribution >= 4 is 40.3 Å². The monoisotopic (exact) mass is 547 g/mol. The number of piperidine rings is 1. The second-order valence-corrected chi connectivity index (χ2v) is 10.7. The standard InChI is InChI=1S/C22H26IN7O2/c1-21(2,3)32-20(31)27-17-16-14(5-4-8-24-16)11-22(17)6-9-29(10-7-22)19-25-12-15(23)18-28-26-13-30(18)19/h4-5,8,12-13,17H,6-7,9-11H2,1-3H3,(H,27,31)/t17-/m1/s1. The Morgan fingerprint density at radius 3 is 2.81 bits per heavy atom. The van der Waals surface area contributed by atoms with Crippen LogP contribution in [0.4, 0.5) is 10.7 Å². The highest BCUT2D eigenvalue weighted by molar-refractivity contribution is 14.1. The Labute approximate surface area is 200 Å². The van der Waals surface area contributed by atoms with E-state index in [9.17, 15) is 4.79 Å². The van der Waals surface area contributed by atoms with Crippen LogP contribution < -0.4 is 10.2 Å². The van der Waals surface area contributed by atoms with Crippen molar-refractivity contribution in [2.24, 2.45) is 5.41 Å². The molecule has 0 unspecified atom stereocenters. The molecule has 1 amide bonds. The number of anilines is 1. The van der Waals surface area contributed by atoms with Crippen LogP contribution in [0.5, 0.6) is 0 Å². The maximum Gasteiger partial charge on any atom is 0.408 e. The molecule has 3 aromatic heterocycles. The predicted molar refractivity (Wildman–Crippen MR) is 127 cm³/mol. The van der Waals surface area contributed by atoms with E-state index in [1.165, 1.54) is 5.56 Å². The van der Waals surface area contributed by atoms with Crippen LogP contribution in [0.25, 0.3) is 5.65 Å². The maximum absolute atomic E-state index is 12.7. The number of carbonyl (C=O) groups is 1. The zero-order valence-electron chi connectivity index (χ0n) is 18.4. The first-order chi connectivity index (χ1) is 15.3. The Balaban J connectivity index is 1.40. The number of hydrogen-bond acceptors (Lipinski definition) is 7. The molecule has 0 radical (unpaired) electrons. The van der Waals surface area contributed by atoms with Crippen LogP contribution in [0.1, 0.15) is 50.9 Å². The van der Waals surface area contributed by atoms with E-state index in [1.54, 1.807) is 12.5 Å². The van der Waals surface area contributed by atoms with Crippen molar-refractivity contribution in [2.45, 2.75) is 51.7 Å². The third kappa shape index (κ3) is 3.78. The Kier molecular flexibility index (Phi) is 5.22. The van der Waals surface area contributed by atoms with Crippen LogP contribution in [0, 0.1) is 8.99 Å². The van der Waals surface area contributed by atoms with Gasteiger partial charge in [0.2, 0.25) is 5.95 Å². The summed E-state index contributed by atoms with van der Waals surface area (Å²) >= 11 is 2.23. The van der Waals surface area contributed by atoms with Crippen LogP contribution in [-0.4, -0.2) is 49.3 Å². The molecule has 0 bridgehead atoms. The van der Waals surface area contributed by atoms with Gasteiger partial charge >= 0.3 is 6.09 Å². The topological polar surface area (TPSA) is 97.5 Å². The molecule has 1 fully saturated rings. The van der Waals surface area contributed by atoms with Crippen molar-refractivity contribution in [3.05, 3.63) is 45.7 Å². The summed E-state index contributed by atoms with van der Waals surface area (Å²) < 4.78 is 8.49. The summed E-state index contributed by atoms with van der Waals surface area (Å²) in [6, 6.07) is 3.92. The lowest BCUT2D eigenvalue weighted by molar-refractivity contribution is 0.0425. The Bertz CT molecular complexity index is 1160. The highest BCUT2D eigenvalue weighted by Crippen LogP contribution is 2.51. The van der Waals surface area contributed by atoms with Gasteiger partial charge in [-0.25, -0.2) is 9.78 Å². The van der Waals surface area contributed by atoms with Crippen LogP contribution in [0.3, 0.4) is 0 Å². The summed E-state index contributed by atoms with van der Waals surface area (Å²) in [5.74, 6) is 0.852. The first-order valence-corrected chi connectivity index (χ1v) is 11.9. The number of aromatic nitrogens is 5. The van der Waals surface area contributed by atoms with Gasteiger partial charge in [-0.15, -0.1) is 10.2 Å². The normalized spacial score (nSPS) is 19.9. The predicted octanol–water partition coefficient (Wildman–Crippen LogP) is 3.53. The lowest BCUT2D eigenvalue weighted by Gasteiger charge is -2.43. The summed E-state index contributed by atoms with van der Waals surface area (Å²) in [4.78, 5) is 24.3. The molecule has 32 heavy (non-hydrogen) atoms. The largest absolute Gasteiger partial charge is 0.444 e. The van der Waals surface area contributed by atoms with Crippen molar-refractivity contribution < 1.29 is 9.53 Å². The number of hydrogen-bond donors (Lipinski definition) is 1. The van der Waals surface area contributed by atoms with Crippen molar-refractivity contribution in [1.82, 2.24) is 29.9 Å². The summed E-state index contributed by atoms with van der Waals surface area (Å²) in [5.41, 5.74) is 2.33. The van der Waals surface area contributed by atoms with E-state index in [-0.39, 0.29) is 11.5 Å². The molecule has 1 aliphatic carbocycles. The maximum atomic E-state index is 12.7. The lowest BCUT2D eigenvalue weighted by atomic mass is 9.73. The molecule has 1 saturated heterocycles. The molecule has 5 rings (SSSR count). The van der Waals surface area contributed by atoms with Gasteiger partial charge in [-0.3, -0.25) is 9.38 Å². The van der Waals surface area contributed by atoms with Gasteiger partial charge in [-0.2, -0.15) is 0 Å². The first-order valence-electron chi connectivity index (χ1n) is 10.8. The minimum atomic E-state index is -0.549. The molecule has 2 aliphatic rings. The fourth-order valence-corrected chi connectivity index (χ4v) is 5.42. The molecule has 0 saturated carbocycles. The molecule has 1 atom stereocenters. The fourth-order valence-electron chi connectivity index (χ4n) is 4.91. The number of fused-ring (bicyclic) bond motifs is 2. The van der Waals surface area contributed by atoms with Gasteiger partial charge < -0.3 is 15.0 Å². The molecule has 1 N–H and O–H groups in total. The number of halogens is 1. The van der Waals surface area contributed by atoms with Gasteiger partial charge in [0.1, 0.15) is 11.9 Å². The van der Waals surface area contributed by atoms with E-state index in [2.05, 4.69) is 59.0 Å². The minimum Gasteiger partial charge on any atom is -0.444 e. The minimum absolute atomic E-state index is 0.0976. The average molecular weight is 547 g/mol. The quantitative estimate of drug-likeness (QED) is 0.491. The smallest absolute Gasteiger partial charge is 0.408 e. The van der Waals surface area contributed by atoms with Gasteiger partial charge in [0, 0.05) is 30.9 Å². The number of amides is 1. The molecule has 1 spiro atoms. The van der Waals surface area contributed by atoms with Gasteiger partial charge in [-0.1, -0.05) is 6.07 Å². The van der Waals surface area contributed by atoms with Gasteiger partial charge in [0.15, 0.2) is 5.65 Å². The van der Waals surface area contributed by atoms with E-state index in [1.807, 2.05) is 37.4 Å².